The van der Waals surface area contributed by atoms with E-state index in [0.29, 0.717) is 16.9 Å². The SMILES string of the molecule is CC(Sc1nnc(COc2ccccc2F)n1C(C)C1CC2CCC1C2)C(=O)Nc1ccccc1. The average molecular weight is 495 g/mol. The first-order chi connectivity index (χ1) is 17.0. The van der Waals surface area contributed by atoms with E-state index in [4.69, 9.17) is 4.74 Å². The molecule has 1 amide bonds. The number of thioether (sulfide) groups is 1. The second-order valence-corrected chi connectivity index (χ2v) is 11.0. The summed E-state index contributed by atoms with van der Waals surface area (Å²) in [5.41, 5.74) is 0.765. The zero-order valence-electron chi connectivity index (χ0n) is 20.1. The first kappa shape index (κ1) is 23.9. The predicted octanol–water partition coefficient (Wildman–Crippen LogP) is 6.11. The Morgan fingerprint density at radius 3 is 2.60 bits per heavy atom. The third-order valence-corrected chi connectivity index (χ3v) is 8.50. The van der Waals surface area contributed by atoms with Gasteiger partial charge in [-0.1, -0.05) is 48.5 Å². The van der Waals surface area contributed by atoms with Crippen LogP contribution < -0.4 is 10.1 Å². The summed E-state index contributed by atoms with van der Waals surface area (Å²) in [5, 5.41) is 12.2. The van der Waals surface area contributed by atoms with Crippen LogP contribution in [0, 0.1) is 23.6 Å². The molecule has 0 aliphatic heterocycles. The maximum atomic E-state index is 14.1. The van der Waals surface area contributed by atoms with Gasteiger partial charge in [-0.25, -0.2) is 4.39 Å². The summed E-state index contributed by atoms with van der Waals surface area (Å²) in [6, 6.07) is 16.0. The van der Waals surface area contributed by atoms with Gasteiger partial charge in [-0.3, -0.25) is 9.36 Å². The Labute approximate surface area is 209 Å². The summed E-state index contributed by atoms with van der Waals surface area (Å²) in [4.78, 5) is 12.9. The van der Waals surface area contributed by atoms with Crippen LogP contribution >= 0.6 is 11.8 Å². The van der Waals surface area contributed by atoms with E-state index < -0.39 is 5.82 Å². The number of ether oxygens (including phenoxy) is 1. The normalized spacial score (nSPS) is 22.7. The fourth-order valence-corrected chi connectivity index (χ4v) is 6.61. The molecule has 2 bridgehead atoms. The number of halogens is 1. The molecule has 1 aromatic heterocycles. The highest BCUT2D eigenvalue weighted by atomic mass is 32.2. The number of benzene rings is 2. The van der Waals surface area contributed by atoms with Gasteiger partial charge in [0.1, 0.15) is 6.61 Å². The Morgan fingerprint density at radius 1 is 1.11 bits per heavy atom. The van der Waals surface area contributed by atoms with Gasteiger partial charge in [0.15, 0.2) is 22.5 Å². The van der Waals surface area contributed by atoms with Crippen molar-refractivity contribution >= 4 is 23.4 Å². The van der Waals surface area contributed by atoms with Crippen molar-refractivity contribution in [1.29, 1.82) is 0 Å². The van der Waals surface area contributed by atoms with Gasteiger partial charge in [0.25, 0.3) is 0 Å². The van der Waals surface area contributed by atoms with E-state index in [1.807, 2.05) is 37.3 Å². The van der Waals surface area contributed by atoms with Crippen molar-refractivity contribution in [2.24, 2.45) is 17.8 Å². The predicted molar refractivity (Wildman–Crippen MR) is 135 cm³/mol. The van der Waals surface area contributed by atoms with Crippen molar-refractivity contribution in [1.82, 2.24) is 14.8 Å². The van der Waals surface area contributed by atoms with Crippen LogP contribution in [0.3, 0.4) is 0 Å². The van der Waals surface area contributed by atoms with Gasteiger partial charge in [-0.05, 0) is 75.1 Å². The Bertz CT molecular complexity index is 1170. The van der Waals surface area contributed by atoms with Crippen molar-refractivity contribution in [2.75, 3.05) is 5.32 Å². The Balaban J connectivity index is 1.36. The molecule has 5 atom stereocenters. The highest BCUT2D eigenvalue weighted by molar-refractivity contribution is 8.00. The topological polar surface area (TPSA) is 69.0 Å². The van der Waals surface area contributed by atoms with Crippen LogP contribution in [0.5, 0.6) is 5.75 Å². The maximum absolute atomic E-state index is 14.1. The fraction of sp³-hybridized carbons (Fsp3) is 0.444. The standard InChI is InChI=1S/C27H31FN4O2S/c1-17(22-15-19-12-13-20(22)14-19)32-25(16-34-24-11-7-6-10-23(24)28)30-31-27(32)35-18(2)26(33)29-21-8-4-3-5-9-21/h3-11,17-20,22H,12-16H2,1-2H3,(H,29,33). The molecule has 184 valence electrons. The molecule has 3 aromatic rings. The quantitative estimate of drug-likeness (QED) is 0.363. The van der Waals surface area contributed by atoms with Crippen molar-refractivity contribution in [3.63, 3.8) is 0 Å². The van der Waals surface area contributed by atoms with Gasteiger partial charge in [0, 0.05) is 11.7 Å². The molecular weight excluding hydrogens is 463 g/mol. The van der Waals surface area contributed by atoms with Crippen LogP contribution in [0.2, 0.25) is 0 Å². The van der Waals surface area contributed by atoms with E-state index in [-0.39, 0.29) is 29.6 Å². The molecule has 2 fully saturated rings. The number of hydrogen-bond donors (Lipinski definition) is 1. The molecule has 2 aromatic carbocycles. The highest BCUT2D eigenvalue weighted by Crippen LogP contribution is 2.52. The number of hydrogen-bond acceptors (Lipinski definition) is 5. The Hall–Kier alpha value is -2.87. The molecule has 0 saturated heterocycles. The van der Waals surface area contributed by atoms with E-state index in [2.05, 4.69) is 27.0 Å². The van der Waals surface area contributed by atoms with Gasteiger partial charge < -0.3 is 10.1 Å². The smallest absolute Gasteiger partial charge is 0.237 e. The molecular formula is C27H31FN4O2S. The van der Waals surface area contributed by atoms with Crippen LogP contribution in [-0.2, 0) is 11.4 Å². The first-order valence-electron chi connectivity index (χ1n) is 12.3. The van der Waals surface area contributed by atoms with Crippen molar-refractivity contribution < 1.29 is 13.9 Å². The summed E-state index contributed by atoms with van der Waals surface area (Å²) in [6.07, 6.45) is 5.13. The van der Waals surface area contributed by atoms with Crippen molar-refractivity contribution in [3.05, 3.63) is 66.2 Å². The van der Waals surface area contributed by atoms with Crippen LogP contribution in [-0.4, -0.2) is 25.9 Å². The zero-order valence-corrected chi connectivity index (χ0v) is 20.9. The number of anilines is 1. The van der Waals surface area contributed by atoms with Crippen LogP contribution in [0.25, 0.3) is 0 Å². The molecule has 1 N–H and O–H groups in total. The maximum Gasteiger partial charge on any atom is 0.237 e. The van der Waals surface area contributed by atoms with E-state index in [0.717, 1.165) is 17.5 Å². The van der Waals surface area contributed by atoms with Crippen LogP contribution in [0.15, 0.2) is 59.8 Å². The lowest BCUT2D eigenvalue weighted by Gasteiger charge is -2.30. The van der Waals surface area contributed by atoms with Crippen LogP contribution in [0.1, 0.15) is 51.4 Å². The lowest BCUT2D eigenvalue weighted by atomic mass is 9.84. The monoisotopic (exact) mass is 494 g/mol. The van der Waals surface area contributed by atoms with Crippen LogP contribution in [0.4, 0.5) is 10.1 Å². The molecule has 6 nitrogen and oxygen atoms in total. The Kier molecular flexibility index (Phi) is 7.09. The molecule has 2 saturated carbocycles. The molecule has 0 radical (unpaired) electrons. The minimum atomic E-state index is -0.402. The molecule has 2 aliphatic rings. The number of amides is 1. The third-order valence-electron chi connectivity index (χ3n) is 7.44. The molecule has 0 spiro atoms. The molecule has 5 unspecified atom stereocenters. The van der Waals surface area contributed by atoms with Gasteiger partial charge in [0.05, 0.1) is 5.25 Å². The highest BCUT2D eigenvalue weighted by Gasteiger charge is 2.43. The zero-order chi connectivity index (χ0) is 24.4. The first-order valence-corrected chi connectivity index (χ1v) is 13.2. The number of carbonyl (C=O) groups excluding carboxylic acids is 1. The lowest BCUT2D eigenvalue weighted by molar-refractivity contribution is -0.115. The number of para-hydroxylation sites is 2. The second-order valence-electron chi connectivity index (χ2n) is 9.68. The average Bonchev–Trinajstić information content (AvgIpc) is 3.60. The van der Waals surface area contributed by atoms with Gasteiger partial charge >= 0.3 is 0 Å². The molecule has 35 heavy (non-hydrogen) atoms. The summed E-state index contributed by atoms with van der Waals surface area (Å²) in [7, 11) is 0. The molecule has 8 heteroatoms. The number of carbonyl (C=O) groups is 1. The Morgan fingerprint density at radius 2 is 1.89 bits per heavy atom. The summed E-state index contributed by atoms with van der Waals surface area (Å²) >= 11 is 1.40. The van der Waals surface area contributed by atoms with E-state index >= 15 is 0 Å². The minimum absolute atomic E-state index is 0.0903. The number of aromatic nitrogens is 3. The van der Waals surface area contributed by atoms with E-state index in [1.165, 1.54) is 43.5 Å². The number of rotatable bonds is 9. The van der Waals surface area contributed by atoms with Gasteiger partial charge in [0.2, 0.25) is 5.91 Å². The lowest BCUT2D eigenvalue weighted by Crippen LogP contribution is -2.26. The van der Waals surface area contributed by atoms with Crippen molar-refractivity contribution in [2.45, 2.75) is 62.6 Å². The van der Waals surface area contributed by atoms with Gasteiger partial charge in [-0.2, -0.15) is 0 Å². The molecule has 5 rings (SSSR count). The molecule has 2 aliphatic carbocycles. The van der Waals surface area contributed by atoms with E-state index in [1.54, 1.807) is 18.2 Å². The number of fused-ring (bicyclic) bond motifs is 2. The summed E-state index contributed by atoms with van der Waals surface area (Å²) < 4.78 is 22.1. The fourth-order valence-electron chi connectivity index (χ4n) is 5.65. The third kappa shape index (κ3) is 5.22. The molecule has 1 heterocycles. The minimum Gasteiger partial charge on any atom is -0.483 e. The largest absolute Gasteiger partial charge is 0.483 e. The number of nitrogens with one attached hydrogen (secondary N) is 1. The second kappa shape index (κ2) is 10.4. The van der Waals surface area contributed by atoms with E-state index in [9.17, 15) is 9.18 Å². The van der Waals surface area contributed by atoms with Gasteiger partial charge in [-0.15, -0.1) is 10.2 Å². The summed E-state index contributed by atoms with van der Waals surface area (Å²) in [5.74, 6) is 2.43. The van der Waals surface area contributed by atoms with Crippen molar-refractivity contribution in [3.8, 4) is 5.75 Å². The summed E-state index contributed by atoms with van der Waals surface area (Å²) in [6.45, 7) is 4.21. The number of nitrogens with zero attached hydrogens (tertiary/aromatic N) is 3.